The number of rotatable bonds is 5. The van der Waals surface area contributed by atoms with Gasteiger partial charge in [0, 0.05) is 25.6 Å². The lowest BCUT2D eigenvalue weighted by Crippen LogP contribution is -2.47. The standard InChI is InChI=1S/C13H23NO/c1-4-8-11(5-2)14-12-9-6-7-10-13(12)15-3/h1,11-14H,5-10H2,2-3H3. The smallest absolute Gasteiger partial charge is 0.0724 e. The molecule has 2 nitrogen and oxygen atoms in total. The van der Waals surface area contributed by atoms with E-state index in [-0.39, 0.29) is 0 Å². The van der Waals surface area contributed by atoms with Crippen molar-refractivity contribution in [2.24, 2.45) is 0 Å². The summed E-state index contributed by atoms with van der Waals surface area (Å²) in [6, 6.07) is 0.956. The van der Waals surface area contributed by atoms with Crippen LogP contribution in [0.15, 0.2) is 0 Å². The number of hydrogen-bond donors (Lipinski definition) is 1. The molecule has 0 aliphatic heterocycles. The fourth-order valence-corrected chi connectivity index (χ4v) is 2.34. The molecule has 1 aliphatic rings. The summed E-state index contributed by atoms with van der Waals surface area (Å²) >= 11 is 0. The van der Waals surface area contributed by atoms with Gasteiger partial charge in [0.25, 0.3) is 0 Å². The van der Waals surface area contributed by atoms with E-state index in [9.17, 15) is 0 Å². The molecule has 0 radical (unpaired) electrons. The third-order valence-corrected chi connectivity index (χ3v) is 3.31. The molecule has 1 aliphatic carbocycles. The van der Waals surface area contributed by atoms with Crippen LogP contribution in [0.25, 0.3) is 0 Å². The quantitative estimate of drug-likeness (QED) is 0.702. The third kappa shape index (κ3) is 3.85. The average Bonchev–Trinajstić information content (AvgIpc) is 2.29. The molecule has 1 saturated carbocycles. The fraction of sp³-hybridized carbons (Fsp3) is 0.846. The highest BCUT2D eigenvalue weighted by molar-refractivity contribution is 4.92. The molecular formula is C13H23NO. The van der Waals surface area contributed by atoms with Crippen molar-refractivity contribution in [1.29, 1.82) is 0 Å². The number of nitrogens with one attached hydrogen (secondary N) is 1. The first kappa shape index (κ1) is 12.5. The monoisotopic (exact) mass is 209 g/mol. The van der Waals surface area contributed by atoms with Gasteiger partial charge in [-0.25, -0.2) is 0 Å². The summed E-state index contributed by atoms with van der Waals surface area (Å²) in [4.78, 5) is 0. The van der Waals surface area contributed by atoms with Crippen LogP contribution in [0.4, 0.5) is 0 Å². The second-order valence-electron chi connectivity index (χ2n) is 4.35. The Balaban J connectivity index is 2.42. The Labute approximate surface area is 93.8 Å². The molecule has 3 unspecified atom stereocenters. The van der Waals surface area contributed by atoms with Crippen molar-refractivity contribution in [1.82, 2.24) is 5.32 Å². The van der Waals surface area contributed by atoms with Crippen LogP contribution in [-0.2, 0) is 4.74 Å². The minimum absolute atomic E-state index is 0.380. The molecule has 0 aromatic heterocycles. The second kappa shape index (κ2) is 6.87. The molecule has 1 N–H and O–H groups in total. The highest BCUT2D eigenvalue weighted by Crippen LogP contribution is 2.21. The van der Waals surface area contributed by atoms with E-state index < -0.39 is 0 Å². The Bertz CT molecular complexity index is 209. The van der Waals surface area contributed by atoms with Gasteiger partial charge in [-0.15, -0.1) is 12.3 Å². The third-order valence-electron chi connectivity index (χ3n) is 3.31. The minimum atomic E-state index is 0.380. The van der Waals surface area contributed by atoms with Gasteiger partial charge >= 0.3 is 0 Å². The predicted molar refractivity (Wildman–Crippen MR) is 63.7 cm³/mol. The number of hydrogen-bond acceptors (Lipinski definition) is 2. The largest absolute Gasteiger partial charge is 0.380 e. The van der Waals surface area contributed by atoms with Crippen LogP contribution in [0.5, 0.6) is 0 Å². The molecule has 86 valence electrons. The lowest BCUT2D eigenvalue weighted by molar-refractivity contribution is 0.0377. The van der Waals surface area contributed by atoms with Crippen molar-refractivity contribution in [3.63, 3.8) is 0 Å². The maximum atomic E-state index is 5.51. The Morgan fingerprint density at radius 3 is 2.80 bits per heavy atom. The van der Waals surface area contributed by atoms with Gasteiger partial charge in [0.15, 0.2) is 0 Å². The molecule has 2 heteroatoms. The number of ether oxygens (including phenoxy) is 1. The van der Waals surface area contributed by atoms with Crippen LogP contribution in [0.1, 0.15) is 45.4 Å². The van der Waals surface area contributed by atoms with Gasteiger partial charge in [-0.2, -0.15) is 0 Å². The second-order valence-corrected chi connectivity index (χ2v) is 4.35. The Kier molecular flexibility index (Phi) is 5.75. The summed E-state index contributed by atoms with van der Waals surface area (Å²) in [6.07, 6.45) is 12.7. The van der Waals surface area contributed by atoms with Crippen molar-refractivity contribution in [2.45, 2.75) is 63.6 Å². The van der Waals surface area contributed by atoms with Crippen LogP contribution in [0.2, 0.25) is 0 Å². The first-order valence-corrected chi connectivity index (χ1v) is 6.04. The zero-order chi connectivity index (χ0) is 11.1. The Morgan fingerprint density at radius 1 is 1.47 bits per heavy atom. The molecule has 0 saturated heterocycles. The molecule has 0 aromatic carbocycles. The summed E-state index contributed by atoms with van der Waals surface area (Å²) in [5, 5.41) is 3.64. The van der Waals surface area contributed by atoms with E-state index in [1.54, 1.807) is 0 Å². The van der Waals surface area contributed by atoms with Crippen LogP contribution >= 0.6 is 0 Å². The van der Waals surface area contributed by atoms with Gasteiger partial charge in [0.05, 0.1) is 6.10 Å². The average molecular weight is 209 g/mol. The molecule has 0 heterocycles. The van der Waals surface area contributed by atoms with E-state index in [1.165, 1.54) is 25.7 Å². The van der Waals surface area contributed by atoms with Gasteiger partial charge < -0.3 is 10.1 Å². The lowest BCUT2D eigenvalue weighted by Gasteiger charge is -2.33. The van der Waals surface area contributed by atoms with Crippen molar-refractivity contribution in [2.75, 3.05) is 7.11 Å². The topological polar surface area (TPSA) is 21.3 Å². The lowest BCUT2D eigenvalue weighted by atomic mass is 9.91. The maximum Gasteiger partial charge on any atom is 0.0724 e. The molecule has 0 aromatic rings. The first-order valence-electron chi connectivity index (χ1n) is 6.04. The Morgan fingerprint density at radius 2 is 2.20 bits per heavy atom. The molecule has 0 spiro atoms. The van der Waals surface area contributed by atoms with Gasteiger partial charge in [-0.05, 0) is 19.3 Å². The zero-order valence-corrected chi connectivity index (χ0v) is 9.96. The van der Waals surface area contributed by atoms with Gasteiger partial charge in [-0.3, -0.25) is 0 Å². The van der Waals surface area contributed by atoms with Crippen molar-refractivity contribution >= 4 is 0 Å². The summed E-state index contributed by atoms with van der Waals surface area (Å²) in [6.45, 7) is 2.18. The molecule has 3 atom stereocenters. The number of terminal acetylenes is 1. The van der Waals surface area contributed by atoms with Crippen molar-refractivity contribution < 1.29 is 4.74 Å². The zero-order valence-electron chi connectivity index (χ0n) is 9.96. The molecular weight excluding hydrogens is 186 g/mol. The Hall–Kier alpha value is -0.520. The van der Waals surface area contributed by atoms with Crippen LogP contribution in [0, 0.1) is 12.3 Å². The highest BCUT2D eigenvalue weighted by atomic mass is 16.5. The molecule has 0 amide bonds. The summed E-state index contributed by atoms with van der Waals surface area (Å²) in [5.41, 5.74) is 0. The van der Waals surface area contributed by atoms with Crippen LogP contribution in [-0.4, -0.2) is 25.3 Å². The van der Waals surface area contributed by atoms with E-state index in [4.69, 9.17) is 11.2 Å². The SMILES string of the molecule is C#CCC(CC)NC1CCCCC1OC. The van der Waals surface area contributed by atoms with Gasteiger partial charge in [0.1, 0.15) is 0 Å². The summed E-state index contributed by atoms with van der Waals surface area (Å²) < 4.78 is 5.51. The van der Waals surface area contributed by atoms with Gasteiger partial charge in [0.2, 0.25) is 0 Å². The minimum Gasteiger partial charge on any atom is -0.380 e. The van der Waals surface area contributed by atoms with E-state index in [2.05, 4.69) is 18.2 Å². The first-order chi connectivity index (χ1) is 7.31. The van der Waals surface area contributed by atoms with Crippen molar-refractivity contribution in [3.05, 3.63) is 0 Å². The van der Waals surface area contributed by atoms with E-state index in [1.807, 2.05) is 7.11 Å². The van der Waals surface area contributed by atoms with E-state index >= 15 is 0 Å². The molecule has 15 heavy (non-hydrogen) atoms. The van der Waals surface area contributed by atoms with E-state index in [0.29, 0.717) is 18.2 Å². The van der Waals surface area contributed by atoms with E-state index in [0.717, 1.165) is 12.8 Å². The van der Waals surface area contributed by atoms with Crippen molar-refractivity contribution in [3.8, 4) is 12.3 Å². The highest BCUT2D eigenvalue weighted by Gasteiger charge is 2.26. The molecule has 0 bridgehead atoms. The summed E-state index contributed by atoms with van der Waals surface area (Å²) in [5.74, 6) is 2.74. The van der Waals surface area contributed by atoms with Crippen LogP contribution in [0.3, 0.4) is 0 Å². The molecule has 1 fully saturated rings. The fourth-order valence-electron chi connectivity index (χ4n) is 2.34. The molecule has 1 rings (SSSR count). The maximum absolute atomic E-state index is 5.51. The normalized spacial score (nSPS) is 28.3. The number of methoxy groups -OCH3 is 1. The van der Waals surface area contributed by atoms with Crippen LogP contribution < -0.4 is 5.32 Å². The predicted octanol–water partition coefficient (Wildman–Crippen LogP) is 2.34. The summed E-state index contributed by atoms with van der Waals surface area (Å²) in [7, 11) is 1.81. The van der Waals surface area contributed by atoms with Gasteiger partial charge in [-0.1, -0.05) is 19.8 Å².